The van der Waals surface area contributed by atoms with Crippen molar-refractivity contribution in [3.8, 4) is 5.75 Å². The third kappa shape index (κ3) is 2.78. The van der Waals surface area contributed by atoms with E-state index in [1.54, 1.807) is 25.7 Å². The summed E-state index contributed by atoms with van der Waals surface area (Å²) in [5, 5.41) is 8.42. The van der Waals surface area contributed by atoms with Crippen LogP contribution in [0, 0.1) is 0 Å². The van der Waals surface area contributed by atoms with E-state index in [4.69, 9.17) is 16.3 Å². The Bertz CT molecular complexity index is 549. The molecule has 0 amide bonds. The molecule has 0 saturated heterocycles. The highest BCUT2D eigenvalue weighted by atomic mass is 35.5. The summed E-state index contributed by atoms with van der Waals surface area (Å²) >= 11 is 6.29. The molecule has 6 heteroatoms. The van der Waals surface area contributed by atoms with Crippen LogP contribution < -0.4 is 10.1 Å². The van der Waals surface area contributed by atoms with Gasteiger partial charge in [-0.2, -0.15) is 5.10 Å². The highest BCUT2D eigenvalue weighted by molar-refractivity contribution is 6.31. The molecule has 0 aliphatic heterocycles. The summed E-state index contributed by atoms with van der Waals surface area (Å²) < 4.78 is 7.35. The minimum absolute atomic E-state index is 0.0760. The lowest BCUT2D eigenvalue weighted by Gasteiger charge is -2.21. The number of aromatic nitrogens is 3. The second kappa shape index (κ2) is 6.72. The van der Waals surface area contributed by atoms with Gasteiger partial charge in [0.25, 0.3) is 0 Å². The Kier molecular flexibility index (Phi) is 4.98. The average molecular weight is 295 g/mol. The van der Waals surface area contributed by atoms with Gasteiger partial charge in [0.1, 0.15) is 5.69 Å². The number of hydrogen-bond acceptors (Lipinski definition) is 4. The molecule has 108 valence electrons. The number of halogens is 1. The van der Waals surface area contributed by atoms with Gasteiger partial charge >= 0.3 is 0 Å². The highest BCUT2D eigenvalue weighted by Gasteiger charge is 2.24. The Morgan fingerprint density at radius 1 is 1.40 bits per heavy atom. The Balaban J connectivity index is 2.54. The first-order valence-electron chi connectivity index (χ1n) is 6.65. The van der Waals surface area contributed by atoms with Crippen LogP contribution in [0.2, 0.25) is 5.02 Å². The second-order valence-electron chi connectivity index (χ2n) is 4.30. The number of hydrogen-bond donors (Lipinski definition) is 1. The molecule has 0 aliphatic carbocycles. The molecule has 1 atom stereocenters. The molecule has 2 aromatic rings. The van der Waals surface area contributed by atoms with Crippen molar-refractivity contribution in [2.75, 3.05) is 13.7 Å². The molecule has 1 N–H and O–H groups in total. The van der Waals surface area contributed by atoms with E-state index in [2.05, 4.69) is 22.3 Å². The van der Waals surface area contributed by atoms with Gasteiger partial charge in [0.2, 0.25) is 0 Å². The number of pyridine rings is 1. The van der Waals surface area contributed by atoms with Crippen LogP contribution in [0.3, 0.4) is 0 Å². The molecule has 0 aliphatic rings. The van der Waals surface area contributed by atoms with Crippen LogP contribution in [0.1, 0.15) is 31.1 Å². The molecule has 2 rings (SSSR count). The van der Waals surface area contributed by atoms with E-state index < -0.39 is 0 Å². The number of nitrogens with zero attached hydrogens (tertiary/aromatic N) is 3. The van der Waals surface area contributed by atoms with E-state index in [1.807, 2.05) is 17.7 Å². The molecule has 5 nitrogen and oxygen atoms in total. The summed E-state index contributed by atoms with van der Waals surface area (Å²) in [6.45, 7) is 5.68. The minimum Gasteiger partial charge on any atom is -0.493 e. The summed E-state index contributed by atoms with van der Waals surface area (Å²) in [5.74, 6) is 0.755. The van der Waals surface area contributed by atoms with Crippen LogP contribution in [0.5, 0.6) is 5.75 Å². The maximum absolute atomic E-state index is 6.29. The zero-order valence-corrected chi connectivity index (χ0v) is 12.7. The molecule has 0 bridgehead atoms. The van der Waals surface area contributed by atoms with Gasteiger partial charge in [-0.25, -0.2) is 0 Å². The summed E-state index contributed by atoms with van der Waals surface area (Å²) in [4.78, 5) is 4.04. The predicted octanol–water partition coefficient (Wildman–Crippen LogP) is 2.66. The topological polar surface area (TPSA) is 52.0 Å². The first kappa shape index (κ1) is 14.8. The lowest BCUT2D eigenvalue weighted by Crippen LogP contribution is -2.25. The van der Waals surface area contributed by atoms with Crippen LogP contribution in [-0.4, -0.2) is 28.4 Å². The van der Waals surface area contributed by atoms with E-state index in [1.165, 1.54) is 0 Å². The van der Waals surface area contributed by atoms with E-state index in [9.17, 15) is 0 Å². The Labute approximate surface area is 123 Å². The Morgan fingerprint density at radius 3 is 2.80 bits per heavy atom. The van der Waals surface area contributed by atoms with Crippen molar-refractivity contribution in [1.29, 1.82) is 0 Å². The van der Waals surface area contributed by atoms with Crippen molar-refractivity contribution < 1.29 is 4.74 Å². The highest BCUT2D eigenvalue weighted by Crippen LogP contribution is 2.33. The minimum atomic E-state index is -0.0760. The first-order valence-corrected chi connectivity index (χ1v) is 7.03. The maximum atomic E-state index is 6.29. The van der Waals surface area contributed by atoms with Crippen molar-refractivity contribution >= 4 is 11.6 Å². The van der Waals surface area contributed by atoms with Gasteiger partial charge < -0.3 is 10.1 Å². The summed E-state index contributed by atoms with van der Waals surface area (Å²) in [6, 6.07) is 1.84. The van der Waals surface area contributed by atoms with Crippen molar-refractivity contribution in [1.82, 2.24) is 20.1 Å². The fourth-order valence-corrected chi connectivity index (χ4v) is 2.48. The van der Waals surface area contributed by atoms with Crippen LogP contribution in [0.25, 0.3) is 0 Å². The Hall–Kier alpha value is -1.59. The van der Waals surface area contributed by atoms with Gasteiger partial charge in [0, 0.05) is 18.9 Å². The predicted molar refractivity (Wildman–Crippen MR) is 79.2 cm³/mol. The maximum Gasteiger partial charge on any atom is 0.161 e. The molecule has 0 fully saturated rings. The van der Waals surface area contributed by atoms with Gasteiger partial charge in [-0.15, -0.1) is 0 Å². The summed E-state index contributed by atoms with van der Waals surface area (Å²) in [5.41, 5.74) is 1.95. The van der Waals surface area contributed by atoms with Gasteiger partial charge in [-0.05, 0) is 25.1 Å². The van der Waals surface area contributed by atoms with Crippen molar-refractivity contribution in [3.05, 3.63) is 40.9 Å². The third-order valence-electron chi connectivity index (χ3n) is 3.16. The normalized spacial score (nSPS) is 12.4. The standard InChI is InChI=1S/C14H19ClN4O/c1-4-17-13(10-6-7-16-8-11(10)15)14-12(20-3)9-18-19(14)5-2/h6-9,13,17H,4-5H2,1-3H3. The molecule has 1 unspecified atom stereocenters. The van der Waals surface area contributed by atoms with Gasteiger partial charge in [-0.1, -0.05) is 18.5 Å². The van der Waals surface area contributed by atoms with E-state index in [-0.39, 0.29) is 6.04 Å². The van der Waals surface area contributed by atoms with E-state index in [0.717, 1.165) is 30.1 Å². The van der Waals surface area contributed by atoms with Crippen molar-refractivity contribution in [3.63, 3.8) is 0 Å². The van der Waals surface area contributed by atoms with Gasteiger partial charge in [0.15, 0.2) is 5.75 Å². The molecule has 0 spiro atoms. The lowest BCUT2D eigenvalue weighted by molar-refractivity contribution is 0.399. The van der Waals surface area contributed by atoms with Crippen molar-refractivity contribution in [2.45, 2.75) is 26.4 Å². The molecule has 0 radical (unpaired) electrons. The van der Waals surface area contributed by atoms with Crippen LogP contribution >= 0.6 is 11.6 Å². The van der Waals surface area contributed by atoms with Crippen molar-refractivity contribution in [2.24, 2.45) is 0 Å². The summed E-state index contributed by atoms with van der Waals surface area (Å²) in [6.07, 6.45) is 5.13. The molecule has 2 aromatic heterocycles. The quantitative estimate of drug-likeness (QED) is 0.890. The monoisotopic (exact) mass is 294 g/mol. The van der Waals surface area contributed by atoms with E-state index in [0.29, 0.717) is 5.02 Å². The zero-order chi connectivity index (χ0) is 14.5. The molecular weight excluding hydrogens is 276 g/mol. The number of nitrogens with one attached hydrogen (secondary N) is 1. The largest absolute Gasteiger partial charge is 0.493 e. The molecule has 0 aromatic carbocycles. The summed E-state index contributed by atoms with van der Waals surface area (Å²) in [7, 11) is 1.65. The molecule has 20 heavy (non-hydrogen) atoms. The number of methoxy groups -OCH3 is 1. The zero-order valence-electron chi connectivity index (χ0n) is 11.9. The third-order valence-corrected chi connectivity index (χ3v) is 3.48. The van der Waals surface area contributed by atoms with Crippen LogP contribution in [0.4, 0.5) is 0 Å². The number of rotatable bonds is 6. The average Bonchev–Trinajstić information content (AvgIpc) is 2.88. The van der Waals surface area contributed by atoms with E-state index >= 15 is 0 Å². The SMILES string of the molecule is CCNC(c1ccncc1Cl)c1c(OC)cnn1CC. The van der Waals surface area contributed by atoms with Gasteiger partial charge in [0.05, 0.1) is 24.4 Å². The fraction of sp³-hybridized carbons (Fsp3) is 0.429. The smallest absolute Gasteiger partial charge is 0.161 e. The molecule has 0 saturated carbocycles. The molecule has 2 heterocycles. The second-order valence-corrected chi connectivity index (χ2v) is 4.71. The first-order chi connectivity index (χ1) is 9.72. The Morgan fingerprint density at radius 2 is 2.20 bits per heavy atom. The number of aryl methyl sites for hydroxylation is 1. The molecular formula is C14H19ClN4O. The van der Waals surface area contributed by atoms with Crippen LogP contribution in [0.15, 0.2) is 24.7 Å². The number of ether oxygens (including phenoxy) is 1. The van der Waals surface area contributed by atoms with Crippen LogP contribution in [-0.2, 0) is 6.54 Å². The van der Waals surface area contributed by atoms with Gasteiger partial charge in [-0.3, -0.25) is 9.67 Å². The fourth-order valence-electron chi connectivity index (χ4n) is 2.26. The lowest BCUT2D eigenvalue weighted by atomic mass is 10.0.